The van der Waals surface area contributed by atoms with Gasteiger partial charge in [0.2, 0.25) is 11.0 Å². The maximum absolute atomic E-state index is 11.9. The van der Waals surface area contributed by atoms with Crippen molar-refractivity contribution in [2.45, 2.75) is 12.8 Å². The third kappa shape index (κ3) is 4.87. The molecule has 1 N–H and O–H groups in total. The Morgan fingerprint density at radius 1 is 1.13 bits per heavy atom. The van der Waals surface area contributed by atoms with Gasteiger partial charge in [-0.3, -0.25) is 4.79 Å². The minimum atomic E-state index is -0.0734. The normalized spacial score (nSPS) is 10.4. The van der Waals surface area contributed by atoms with Crippen molar-refractivity contribution in [1.29, 1.82) is 0 Å². The zero-order valence-corrected chi connectivity index (χ0v) is 13.9. The highest BCUT2D eigenvalue weighted by molar-refractivity contribution is 7.15. The van der Waals surface area contributed by atoms with E-state index < -0.39 is 0 Å². The number of hydrogen-bond acceptors (Lipinski definition) is 6. The van der Waals surface area contributed by atoms with Gasteiger partial charge in [0.15, 0.2) is 0 Å². The Kier molecular flexibility index (Phi) is 5.33. The molecule has 0 fully saturated rings. The predicted molar refractivity (Wildman–Crippen MR) is 92.2 cm³/mol. The largest absolute Gasteiger partial charge is 0.493 e. The van der Waals surface area contributed by atoms with Crippen molar-refractivity contribution in [1.82, 2.24) is 10.2 Å². The fourth-order valence-corrected chi connectivity index (χ4v) is 3.35. The van der Waals surface area contributed by atoms with Crippen LogP contribution < -0.4 is 10.1 Å². The third-order valence-corrected chi connectivity index (χ3v) is 4.73. The van der Waals surface area contributed by atoms with Gasteiger partial charge in [0.1, 0.15) is 10.8 Å². The molecule has 0 unspecified atom stereocenters. The highest BCUT2D eigenvalue weighted by Crippen LogP contribution is 2.17. The quantitative estimate of drug-likeness (QED) is 0.713. The molecule has 0 aliphatic rings. The third-order valence-electron chi connectivity index (χ3n) is 2.96. The van der Waals surface area contributed by atoms with Crippen LogP contribution in [0.25, 0.3) is 0 Å². The van der Waals surface area contributed by atoms with Crippen LogP contribution in [0, 0.1) is 0 Å². The molecule has 2 aromatic heterocycles. The van der Waals surface area contributed by atoms with E-state index in [-0.39, 0.29) is 5.91 Å². The Hall–Kier alpha value is -2.25. The number of para-hydroxylation sites is 1. The molecule has 0 bridgehead atoms. The maximum Gasteiger partial charge on any atom is 0.231 e. The molecule has 0 saturated heterocycles. The van der Waals surface area contributed by atoms with Gasteiger partial charge in [-0.2, -0.15) is 0 Å². The number of amides is 1. The lowest BCUT2D eigenvalue weighted by molar-refractivity contribution is -0.115. The number of nitrogens with zero attached hydrogens (tertiary/aromatic N) is 2. The van der Waals surface area contributed by atoms with Crippen LogP contribution in [-0.4, -0.2) is 22.7 Å². The summed E-state index contributed by atoms with van der Waals surface area (Å²) < 4.78 is 5.62. The lowest BCUT2D eigenvalue weighted by atomic mass is 10.3. The topological polar surface area (TPSA) is 64.1 Å². The molecule has 3 rings (SSSR count). The number of carbonyl (C=O) groups excluding carboxylic acids is 1. The van der Waals surface area contributed by atoms with E-state index in [4.69, 9.17) is 4.74 Å². The van der Waals surface area contributed by atoms with Crippen LogP contribution in [0.1, 0.15) is 9.88 Å². The summed E-state index contributed by atoms with van der Waals surface area (Å²) >= 11 is 2.94. The molecule has 0 saturated carbocycles. The average Bonchev–Trinajstić information content (AvgIpc) is 3.20. The zero-order valence-electron chi connectivity index (χ0n) is 12.3. The minimum Gasteiger partial charge on any atom is -0.493 e. The molecule has 5 nitrogen and oxygen atoms in total. The first-order valence-corrected chi connectivity index (χ1v) is 8.82. The standard InChI is InChI=1S/C16H15N3O2S2/c20-14(11-13-7-4-10-22-13)17-16-19-18-15(23-16)8-9-21-12-5-2-1-3-6-12/h1-7,10H,8-9,11H2,(H,17,19,20). The van der Waals surface area contributed by atoms with Crippen LogP contribution in [0.15, 0.2) is 47.8 Å². The molecule has 0 spiro atoms. The Balaban J connectivity index is 1.45. The summed E-state index contributed by atoms with van der Waals surface area (Å²) in [6, 6.07) is 13.5. The summed E-state index contributed by atoms with van der Waals surface area (Å²) in [5.74, 6) is 0.761. The Morgan fingerprint density at radius 2 is 2.00 bits per heavy atom. The highest BCUT2D eigenvalue weighted by Gasteiger charge is 2.09. The average molecular weight is 345 g/mol. The van der Waals surface area contributed by atoms with Crippen molar-refractivity contribution >= 4 is 33.7 Å². The molecule has 2 heterocycles. The van der Waals surface area contributed by atoms with Crippen LogP contribution >= 0.6 is 22.7 Å². The number of rotatable bonds is 7. The van der Waals surface area contributed by atoms with E-state index in [9.17, 15) is 4.79 Å². The van der Waals surface area contributed by atoms with Crippen molar-refractivity contribution < 1.29 is 9.53 Å². The molecule has 0 aliphatic heterocycles. The highest BCUT2D eigenvalue weighted by atomic mass is 32.1. The number of thiophene rings is 1. The molecule has 3 aromatic rings. The van der Waals surface area contributed by atoms with E-state index in [2.05, 4.69) is 15.5 Å². The lowest BCUT2D eigenvalue weighted by Gasteiger charge is -2.03. The molecule has 0 aliphatic carbocycles. The molecule has 23 heavy (non-hydrogen) atoms. The van der Waals surface area contributed by atoms with Crippen molar-refractivity contribution in [2.24, 2.45) is 0 Å². The van der Waals surface area contributed by atoms with Gasteiger partial charge in [-0.15, -0.1) is 21.5 Å². The van der Waals surface area contributed by atoms with Crippen molar-refractivity contribution in [3.63, 3.8) is 0 Å². The summed E-state index contributed by atoms with van der Waals surface area (Å²) in [5, 5.41) is 14.2. The lowest BCUT2D eigenvalue weighted by Crippen LogP contribution is -2.13. The second-order valence-electron chi connectivity index (χ2n) is 4.72. The molecule has 0 atom stereocenters. The number of anilines is 1. The number of ether oxygens (including phenoxy) is 1. The summed E-state index contributed by atoms with van der Waals surface area (Å²) in [6.07, 6.45) is 1.02. The van der Waals surface area contributed by atoms with E-state index in [1.54, 1.807) is 11.3 Å². The second-order valence-corrected chi connectivity index (χ2v) is 6.81. The van der Waals surface area contributed by atoms with Gasteiger partial charge in [0.05, 0.1) is 13.0 Å². The van der Waals surface area contributed by atoms with Crippen LogP contribution in [0.4, 0.5) is 5.13 Å². The first-order chi connectivity index (χ1) is 11.3. The van der Waals surface area contributed by atoms with Crippen LogP contribution in [-0.2, 0) is 17.6 Å². The molecule has 1 amide bonds. The summed E-state index contributed by atoms with van der Waals surface area (Å²) in [7, 11) is 0. The summed E-state index contributed by atoms with van der Waals surface area (Å²) in [4.78, 5) is 12.9. The zero-order chi connectivity index (χ0) is 15.9. The van der Waals surface area contributed by atoms with E-state index >= 15 is 0 Å². The monoisotopic (exact) mass is 345 g/mol. The first kappa shape index (κ1) is 15.6. The molecular weight excluding hydrogens is 330 g/mol. The van der Waals surface area contributed by atoms with Crippen LogP contribution in [0.5, 0.6) is 5.75 Å². The Morgan fingerprint density at radius 3 is 2.78 bits per heavy atom. The number of carbonyl (C=O) groups is 1. The summed E-state index contributed by atoms with van der Waals surface area (Å²) in [6.45, 7) is 0.530. The van der Waals surface area contributed by atoms with Gasteiger partial charge in [0.25, 0.3) is 0 Å². The fraction of sp³-hybridized carbons (Fsp3) is 0.188. The van der Waals surface area contributed by atoms with Gasteiger partial charge < -0.3 is 10.1 Å². The van der Waals surface area contributed by atoms with Gasteiger partial charge >= 0.3 is 0 Å². The van der Waals surface area contributed by atoms with Gasteiger partial charge in [-0.25, -0.2) is 0 Å². The van der Waals surface area contributed by atoms with E-state index in [0.29, 0.717) is 24.6 Å². The summed E-state index contributed by atoms with van der Waals surface area (Å²) in [5.41, 5.74) is 0. The van der Waals surface area contributed by atoms with E-state index in [0.717, 1.165) is 15.6 Å². The molecule has 118 valence electrons. The van der Waals surface area contributed by atoms with Crippen molar-refractivity contribution in [2.75, 3.05) is 11.9 Å². The fourth-order valence-electron chi connectivity index (χ4n) is 1.91. The Labute approximate surface area is 142 Å². The first-order valence-electron chi connectivity index (χ1n) is 7.12. The number of benzene rings is 1. The van der Waals surface area contributed by atoms with Crippen LogP contribution in [0.2, 0.25) is 0 Å². The van der Waals surface area contributed by atoms with Crippen molar-refractivity contribution in [3.8, 4) is 5.75 Å². The molecule has 1 aromatic carbocycles. The second kappa shape index (κ2) is 7.85. The van der Waals surface area contributed by atoms with E-state index in [1.807, 2.05) is 47.8 Å². The van der Waals surface area contributed by atoms with Crippen molar-refractivity contribution in [3.05, 3.63) is 57.7 Å². The van der Waals surface area contributed by atoms with Crippen LogP contribution in [0.3, 0.4) is 0 Å². The molecule has 7 heteroatoms. The Bertz CT molecular complexity index is 742. The SMILES string of the molecule is O=C(Cc1cccs1)Nc1nnc(CCOc2ccccc2)s1. The smallest absolute Gasteiger partial charge is 0.231 e. The minimum absolute atomic E-state index is 0.0734. The van der Waals surface area contributed by atoms with E-state index in [1.165, 1.54) is 11.3 Å². The maximum atomic E-state index is 11.9. The number of aromatic nitrogens is 2. The number of nitrogens with one attached hydrogen (secondary N) is 1. The van der Waals surface area contributed by atoms with Gasteiger partial charge in [-0.05, 0) is 23.6 Å². The van der Waals surface area contributed by atoms with Gasteiger partial charge in [0, 0.05) is 11.3 Å². The van der Waals surface area contributed by atoms with Gasteiger partial charge in [-0.1, -0.05) is 35.6 Å². The predicted octanol–water partition coefficient (Wildman–Crippen LogP) is 3.40. The molecular formula is C16H15N3O2S2. The molecule has 0 radical (unpaired) electrons. The number of hydrogen-bond donors (Lipinski definition) is 1.